The van der Waals surface area contributed by atoms with E-state index in [0.29, 0.717) is 17.3 Å². The molecule has 0 aliphatic carbocycles. The topological polar surface area (TPSA) is 47.3 Å². The Morgan fingerprint density at radius 3 is 2.81 bits per heavy atom. The van der Waals surface area contributed by atoms with Gasteiger partial charge in [-0.25, -0.2) is 0 Å². The maximum absolute atomic E-state index is 10.1. The SMILES string of the molecule is CCCn1ncc(Cl)c1C(O)C(C)OCC. The van der Waals surface area contributed by atoms with Gasteiger partial charge >= 0.3 is 0 Å². The van der Waals surface area contributed by atoms with E-state index in [1.54, 1.807) is 10.9 Å². The van der Waals surface area contributed by atoms with Crippen molar-refractivity contribution in [3.8, 4) is 0 Å². The van der Waals surface area contributed by atoms with Gasteiger partial charge in [0.05, 0.1) is 23.0 Å². The summed E-state index contributed by atoms with van der Waals surface area (Å²) in [6, 6.07) is 0. The molecule has 0 aliphatic heterocycles. The number of aliphatic hydroxyl groups excluding tert-OH is 1. The van der Waals surface area contributed by atoms with Crippen LogP contribution >= 0.6 is 11.6 Å². The van der Waals surface area contributed by atoms with E-state index in [9.17, 15) is 5.11 Å². The van der Waals surface area contributed by atoms with E-state index >= 15 is 0 Å². The molecule has 1 aromatic heterocycles. The standard InChI is InChI=1S/C11H19ClN2O2/c1-4-6-14-10(9(12)7-13-14)11(15)8(3)16-5-2/h7-8,11,15H,4-6H2,1-3H3. The van der Waals surface area contributed by atoms with E-state index in [0.717, 1.165) is 13.0 Å². The molecule has 2 atom stereocenters. The molecule has 0 saturated carbocycles. The van der Waals surface area contributed by atoms with Gasteiger partial charge in [-0.2, -0.15) is 5.10 Å². The van der Waals surface area contributed by atoms with Crippen molar-refractivity contribution >= 4 is 11.6 Å². The molecule has 0 spiro atoms. The largest absolute Gasteiger partial charge is 0.384 e. The minimum atomic E-state index is -0.735. The van der Waals surface area contributed by atoms with Gasteiger partial charge in [0.15, 0.2) is 0 Å². The van der Waals surface area contributed by atoms with Gasteiger partial charge in [0.25, 0.3) is 0 Å². The summed E-state index contributed by atoms with van der Waals surface area (Å²) in [5, 5.41) is 14.8. The van der Waals surface area contributed by atoms with Gasteiger partial charge in [0.1, 0.15) is 6.10 Å². The zero-order valence-electron chi connectivity index (χ0n) is 9.98. The van der Waals surface area contributed by atoms with E-state index in [-0.39, 0.29) is 6.10 Å². The number of aliphatic hydroxyl groups is 1. The Bertz CT molecular complexity index is 328. The van der Waals surface area contributed by atoms with Crippen LogP contribution in [0.4, 0.5) is 0 Å². The molecule has 5 heteroatoms. The molecular weight excluding hydrogens is 228 g/mol. The zero-order valence-corrected chi connectivity index (χ0v) is 10.7. The monoisotopic (exact) mass is 246 g/mol. The number of halogens is 1. The average Bonchev–Trinajstić information content (AvgIpc) is 2.60. The van der Waals surface area contributed by atoms with Crippen LogP contribution in [0, 0.1) is 0 Å². The molecule has 1 heterocycles. The highest BCUT2D eigenvalue weighted by atomic mass is 35.5. The van der Waals surface area contributed by atoms with Crippen molar-refractivity contribution in [3.05, 3.63) is 16.9 Å². The Labute approximate surface area is 101 Å². The van der Waals surface area contributed by atoms with E-state index in [4.69, 9.17) is 16.3 Å². The van der Waals surface area contributed by atoms with Crippen LogP contribution in [0.1, 0.15) is 39.0 Å². The first-order valence-electron chi connectivity index (χ1n) is 5.62. The third kappa shape index (κ3) is 2.97. The number of hydrogen-bond acceptors (Lipinski definition) is 3. The van der Waals surface area contributed by atoms with Gasteiger partial charge in [0.2, 0.25) is 0 Å². The second-order valence-electron chi connectivity index (χ2n) is 3.71. The third-order valence-electron chi connectivity index (χ3n) is 2.42. The summed E-state index contributed by atoms with van der Waals surface area (Å²) in [7, 11) is 0. The van der Waals surface area contributed by atoms with Crippen LogP contribution in [0.2, 0.25) is 5.02 Å². The van der Waals surface area contributed by atoms with Gasteiger partial charge < -0.3 is 9.84 Å². The highest BCUT2D eigenvalue weighted by Gasteiger charge is 2.23. The molecule has 0 aliphatic rings. The summed E-state index contributed by atoms with van der Waals surface area (Å²) < 4.78 is 7.10. The third-order valence-corrected chi connectivity index (χ3v) is 2.71. The first-order valence-corrected chi connectivity index (χ1v) is 6.00. The molecular formula is C11H19ClN2O2. The molecule has 16 heavy (non-hydrogen) atoms. The molecule has 0 bridgehead atoms. The number of aromatic nitrogens is 2. The molecule has 2 unspecified atom stereocenters. The second-order valence-corrected chi connectivity index (χ2v) is 4.11. The Morgan fingerprint density at radius 1 is 1.56 bits per heavy atom. The van der Waals surface area contributed by atoms with Crippen molar-refractivity contribution in [2.75, 3.05) is 6.61 Å². The Morgan fingerprint density at radius 2 is 2.25 bits per heavy atom. The summed E-state index contributed by atoms with van der Waals surface area (Å²) in [5.74, 6) is 0. The fraction of sp³-hybridized carbons (Fsp3) is 0.727. The van der Waals surface area contributed by atoms with Crippen molar-refractivity contribution in [2.45, 2.75) is 45.9 Å². The van der Waals surface area contributed by atoms with Crippen molar-refractivity contribution in [1.82, 2.24) is 9.78 Å². The van der Waals surface area contributed by atoms with Gasteiger partial charge in [-0.15, -0.1) is 0 Å². The summed E-state index contributed by atoms with van der Waals surface area (Å²) >= 11 is 6.02. The van der Waals surface area contributed by atoms with Crippen molar-refractivity contribution in [2.24, 2.45) is 0 Å². The van der Waals surface area contributed by atoms with E-state index in [1.165, 1.54) is 0 Å². The Balaban J connectivity index is 2.87. The van der Waals surface area contributed by atoms with Gasteiger partial charge in [-0.1, -0.05) is 18.5 Å². The van der Waals surface area contributed by atoms with Gasteiger partial charge in [0, 0.05) is 13.2 Å². The fourth-order valence-electron chi connectivity index (χ4n) is 1.63. The smallest absolute Gasteiger partial charge is 0.123 e. The van der Waals surface area contributed by atoms with Crippen LogP contribution in [-0.2, 0) is 11.3 Å². The molecule has 4 nitrogen and oxygen atoms in total. The number of rotatable bonds is 6. The summed E-state index contributed by atoms with van der Waals surface area (Å²) in [5.41, 5.74) is 0.643. The average molecular weight is 247 g/mol. The van der Waals surface area contributed by atoms with Crippen LogP contribution in [-0.4, -0.2) is 27.6 Å². The Kier molecular flexibility index (Phi) is 5.25. The highest BCUT2D eigenvalue weighted by molar-refractivity contribution is 6.31. The molecule has 1 N–H and O–H groups in total. The molecule has 1 rings (SSSR count). The number of ether oxygens (including phenoxy) is 1. The quantitative estimate of drug-likeness (QED) is 0.839. The maximum Gasteiger partial charge on any atom is 0.123 e. The minimum absolute atomic E-state index is 0.283. The van der Waals surface area contributed by atoms with E-state index in [1.807, 2.05) is 13.8 Å². The van der Waals surface area contributed by atoms with E-state index < -0.39 is 6.10 Å². The molecule has 0 amide bonds. The van der Waals surface area contributed by atoms with Gasteiger partial charge in [-0.05, 0) is 20.3 Å². The highest BCUT2D eigenvalue weighted by Crippen LogP contribution is 2.26. The van der Waals surface area contributed by atoms with E-state index in [2.05, 4.69) is 12.0 Å². The first kappa shape index (κ1) is 13.5. The van der Waals surface area contributed by atoms with Gasteiger partial charge in [-0.3, -0.25) is 4.68 Å². The summed E-state index contributed by atoms with van der Waals surface area (Å²) in [4.78, 5) is 0. The molecule has 0 saturated heterocycles. The molecule has 1 aromatic rings. The number of hydrogen-bond donors (Lipinski definition) is 1. The van der Waals surface area contributed by atoms with Crippen molar-refractivity contribution < 1.29 is 9.84 Å². The molecule has 0 aromatic carbocycles. The van der Waals surface area contributed by atoms with Crippen LogP contribution in [0.25, 0.3) is 0 Å². The summed E-state index contributed by atoms with van der Waals surface area (Å²) in [6.07, 6.45) is 1.49. The Hall–Kier alpha value is -0.580. The van der Waals surface area contributed by atoms with Crippen LogP contribution in [0.15, 0.2) is 6.20 Å². The lowest BCUT2D eigenvalue weighted by molar-refractivity contribution is -0.0265. The normalized spacial score (nSPS) is 15.1. The maximum atomic E-state index is 10.1. The fourth-order valence-corrected chi connectivity index (χ4v) is 1.89. The predicted molar refractivity (Wildman–Crippen MR) is 63.6 cm³/mol. The number of nitrogens with zero attached hydrogens (tertiary/aromatic N) is 2. The van der Waals surface area contributed by atoms with Crippen molar-refractivity contribution in [3.63, 3.8) is 0 Å². The van der Waals surface area contributed by atoms with Crippen LogP contribution in [0.3, 0.4) is 0 Å². The second kappa shape index (κ2) is 6.23. The lowest BCUT2D eigenvalue weighted by Gasteiger charge is -2.20. The summed E-state index contributed by atoms with van der Waals surface area (Å²) in [6.45, 7) is 7.09. The molecule has 0 radical (unpaired) electrons. The lowest BCUT2D eigenvalue weighted by Crippen LogP contribution is -2.22. The molecule has 0 fully saturated rings. The number of aryl methyl sites for hydroxylation is 1. The minimum Gasteiger partial charge on any atom is -0.384 e. The first-order chi connectivity index (χ1) is 7.61. The van der Waals surface area contributed by atoms with Crippen molar-refractivity contribution in [1.29, 1.82) is 0 Å². The molecule has 92 valence electrons. The lowest BCUT2D eigenvalue weighted by atomic mass is 10.1. The van der Waals surface area contributed by atoms with Crippen LogP contribution in [0.5, 0.6) is 0 Å². The van der Waals surface area contributed by atoms with Crippen LogP contribution < -0.4 is 0 Å². The predicted octanol–water partition coefficient (Wildman–Crippen LogP) is 2.40. The zero-order chi connectivity index (χ0) is 12.1.